The van der Waals surface area contributed by atoms with E-state index in [1.54, 1.807) is 41.3 Å². The van der Waals surface area contributed by atoms with Crippen molar-refractivity contribution in [1.29, 1.82) is 0 Å². The number of benzene rings is 1. The molecule has 1 aliphatic heterocycles. The molecule has 1 unspecified atom stereocenters. The van der Waals surface area contributed by atoms with Gasteiger partial charge in [0.1, 0.15) is 11.4 Å². The maximum absolute atomic E-state index is 12.7. The van der Waals surface area contributed by atoms with Gasteiger partial charge >= 0.3 is 0 Å². The number of carbonyl (C=O) groups is 2. The lowest BCUT2D eigenvalue weighted by molar-refractivity contribution is 0.0677. The maximum Gasteiger partial charge on any atom is 0.274 e. The summed E-state index contributed by atoms with van der Waals surface area (Å²) in [5, 5.41) is 3.50. The number of aromatic nitrogens is 1. The summed E-state index contributed by atoms with van der Waals surface area (Å²) in [4.78, 5) is 31.2. The van der Waals surface area contributed by atoms with Crippen LogP contribution < -0.4 is 5.32 Å². The summed E-state index contributed by atoms with van der Waals surface area (Å²) >= 11 is 11.9. The average molecular weight is 392 g/mol. The van der Waals surface area contributed by atoms with Crippen molar-refractivity contribution < 1.29 is 9.59 Å². The first kappa shape index (κ1) is 18.7. The van der Waals surface area contributed by atoms with Gasteiger partial charge in [0, 0.05) is 18.1 Å². The Bertz CT molecular complexity index is 841. The lowest BCUT2D eigenvalue weighted by Gasteiger charge is -2.30. The molecule has 1 aliphatic rings. The molecule has 0 saturated carbocycles. The Morgan fingerprint density at radius 2 is 1.96 bits per heavy atom. The topological polar surface area (TPSA) is 62.3 Å². The van der Waals surface area contributed by atoms with Crippen LogP contribution in [0.2, 0.25) is 10.0 Å². The number of amides is 2. The molecule has 2 heterocycles. The Kier molecular flexibility index (Phi) is 5.79. The van der Waals surface area contributed by atoms with Gasteiger partial charge in [-0.25, -0.2) is 4.98 Å². The summed E-state index contributed by atoms with van der Waals surface area (Å²) in [6.45, 7) is 3.57. The van der Waals surface area contributed by atoms with Crippen molar-refractivity contribution in [3.05, 3.63) is 57.8 Å². The monoisotopic (exact) mass is 391 g/mol. The Labute approximate surface area is 162 Å². The van der Waals surface area contributed by atoms with Crippen LogP contribution in [-0.4, -0.2) is 34.8 Å². The number of hydrogen-bond acceptors (Lipinski definition) is 3. The molecule has 1 N–H and O–H groups in total. The van der Waals surface area contributed by atoms with E-state index in [0.29, 0.717) is 21.7 Å². The van der Waals surface area contributed by atoms with Crippen LogP contribution in [0.4, 0.5) is 5.69 Å². The fourth-order valence-electron chi connectivity index (χ4n) is 2.99. The third-order valence-electron chi connectivity index (χ3n) is 4.32. The number of pyridine rings is 1. The van der Waals surface area contributed by atoms with E-state index in [2.05, 4.69) is 17.2 Å². The first-order chi connectivity index (χ1) is 12.4. The maximum atomic E-state index is 12.7. The van der Waals surface area contributed by atoms with Gasteiger partial charge in [-0.1, -0.05) is 36.2 Å². The number of anilines is 1. The third-order valence-corrected chi connectivity index (χ3v) is 4.87. The second kappa shape index (κ2) is 8.06. The number of likely N-dealkylation sites (tertiary alicyclic amines) is 1. The van der Waals surface area contributed by atoms with Gasteiger partial charge in [0.25, 0.3) is 11.8 Å². The second-order valence-corrected chi connectivity index (χ2v) is 7.33. The fraction of sp³-hybridized carbons (Fsp3) is 0.316. The molecule has 1 fully saturated rings. The lowest BCUT2D eigenvalue weighted by atomic mass is 10.00. The van der Waals surface area contributed by atoms with E-state index in [4.69, 9.17) is 23.2 Å². The quantitative estimate of drug-likeness (QED) is 0.836. The van der Waals surface area contributed by atoms with E-state index in [1.807, 2.05) is 0 Å². The van der Waals surface area contributed by atoms with Crippen LogP contribution in [0.25, 0.3) is 0 Å². The number of halogens is 2. The number of carbonyl (C=O) groups excluding carboxylic acids is 2. The van der Waals surface area contributed by atoms with Crippen molar-refractivity contribution in [2.24, 2.45) is 5.92 Å². The minimum Gasteiger partial charge on any atom is -0.337 e. The van der Waals surface area contributed by atoms with Crippen LogP contribution >= 0.6 is 23.2 Å². The molecule has 3 rings (SSSR count). The first-order valence-corrected chi connectivity index (χ1v) is 9.22. The summed E-state index contributed by atoms with van der Waals surface area (Å²) in [6.07, 6.45) is 2.11. The van der Waals surface area contributed by atoms with Gasteiger partial charge in [0.15, 0.2) is 0 Å². The Hall–Kier alpha value is -2.11. The van der Waals surface area contributed by atoms with Crippen molar-refractivity contribution in [3.63, 3.8) is 0 Å². The van der Waals surface area contributed by atoms with Gasteiger partial charge < -0.3 is 10.2 Å². The molecule has 1 saturated heterocycles. The summed E-state index contributed by atoms with van der Waals surface area (Å²) in [7, 11) is 0. The van der Waals surface area contributed by atoms with Crippen LogP contribution in [0.3, 0.4) is 0 Å². The molecule has 136 valence electrons. The van der Waals surface area contributed by atoms with Crippen LogP contribution in [0.1, 0.15) is 40.7 Å². The van der Waals surface area contributed by atoms with Gasteiger partial charge in [0.2, 0.25) is 0 Å². The summed E-state index contributed by atoms with van der Waals surface area (Å²) in [5.41, 5.74) is 0.866. The van der Waals surface area contributed by atoms with E-state index in [9.17, 15) is 9.59 Å². The van der Waals surface area contributed by atoms with E-state index in [-0.39, 0.29) is 17.3 Å². The molecule has 26 heavy (non-hydrogen) atoms. The molecule has 5 nitrogen and oxygen atoms in total. The highest BCUT2D eigenvalue weighted by atomic mass is 35.5. The summed E-state index contributed by atoms with van der Waals surface area (Å²) < 4.78 is 0. The molecule has 1 aromatic heterocycles. The number of nitrogens with one attached hydrogen (secondary N) is 1. The fourth-order valence-corrected chi connectivity index (χ4v) is 3.45. The number of hydrogen-bond donors (Lipinski definition) is 1. The number of nitrogens with zero attached hydrogens (tertiary/aromatic N) is 2. The van der Waals surface area contributed by atoms with Gasteiger partial charge in [-0.2, -0.15) is 0 Å². The molecule has 1 atom stereocenters. The van der Waals surface area contributed by atoms with Crippen molar-refractivity contribution in [1.82, 2.24) is 9.88 Å². The largest absolute Gasteiger partial charge is 0.337 e. The van der Waals surface area contributed by atoms with Gasteiger partial charge in [-0.15, -0.1) is 0 Å². The van der Waals surface area contributed by atoms with Crippen molar-refractivity contribution in [2.45, 2.75) is 19.8 Å². The Balaban J connectivity index is 1.75. The molecular formula is C19H19Cl2N3O2. The van der Waals surface area contributed by atoms with Crippen molar-refractivity contribution >= 4 is 40.7 Å². The highest BCUT2D eigenvalue weighted by molar-refractivity contribution is 6.36. The van der Waals surface area contributed by atoms with E-state index < -0.39 is 5.91 Å². The molecule has 0 radical (unpaired) electrons. The number of rotatable bonds is 3. The molecule has 0 spiro atoms. The SMILES string of the molecule is CC1CCCN(C(=O)c2cccc(C(=O)Nc3ccc(Cl)cc3Cl)n2)C1. The molecule has 2 amide bonds. The van der Waals surface area contributed by atoms with Crippen molar-refractivity contribution in [3.8, 4) is 0 Å². The highest BCUT2D eigenvalue weighted by Gasteiger charge is 2.23. The zero-order valence-electron chi connectivity index (χ0n) is 14.3. The van der Waals surface area contributed by atoms with E-state index in [1.165, 1.54) is 0 Å². The summed E-state index contributed by atoms with van der Waals surface area (Å²) in [6, 6.07) is 9.65. The molecule has 1 aromatic carbocycles. The van der Waals surface area contributed by atoms with E-state index in [0.717, 1.165) is 25.9 Å². The zero-order chi connectivity index (χ0) is 18.7. The lowest BCUT2D eigenvalue weighted by Crippen LogP contribution is -2.39. The molecule has 0 aliphatic carbocycles. The van der Waals surface area contributed by atoms with Crippen LogP contribution in [-0.2, 0) is 0 Å². The third kappa shape index (κ3) is 4.34. The van der Waals surface area contributed by atoms with Gasteiger partial charge in [0.05, 0.1) is 10.7 Å². The normalized spacial score (nSPS) is 17.0. The van der Waals surface area contributed by atoms with E-state index >= 15 is 0 Å². The van der Waals surface area contributed by atoms with Crippen molar-refractivity contribution in [2.75, 3.05) is 18.4 Å². The predicted octanol–water partition coefficient (Wildman–Crippen LogP) is 4.51. The highest BCUT2D eigenvalue weighted by Crippen LogP contribution is 2.25. The summed E-state index contributed by atoms with van der Waals surface area (Å²) in [5.74, 6) is -0.0992. The van der Waals surface area contributed by atoms with Crippen LogP contribution in [0, 0.1) is 5.92 Å². The minimum absolute atomic E-state index is 0.143. The molecule has 0 bridgehead atoms. The standard InChI is InChI=1S/C19H19Cl2N3O2/c1-12-4-3-9-24(11-12)19(26)17-6-2-5-16(22-17)18(25)23-15-8-7-13(20)10-14(15)21/h2,5-8,10,12H,3-4,9,11H2,1H3,(H,23,25). The smallest absolute Gasteiger partial charge is 0.274 e. The molecule has 7 heteroatoms. The molecule has 2 aromatic rings. The Morgan fingerprint density at radius 1 is 1.19 bits per heavy atom. The number of piperidine rings is 1. The molecular weight excluding hydrogens is 373 g/mol. The average Bonchev–Trinajstić information content (AvgIpc) is 2.63. The van der Waals surface area contributed by atoms with Gasteiger partial charge in [-0.3, -0.25) is 9.59 Å². The second-order valence-electron chi connectivity index (χ2n) is 6.48. The van der Waals surface area contributed by atoms with Gasteiger partial charge in [-0.05, 0) is 49.1 Å². The van der Waals surface area contributed by atoms with Crippen LogP contribution in [0.15, 0.2) is 36.4 Å². The van der Waals surface area contributed by atoms with Crippen LogP contribution in [0.5, 0.6) is 0 Å². The zero-order valence-corrected chi connectivity index (χ0v) is 15.8. The first-order valence-electron chi connectivity index (χ1n) is 8.47. The Morgan fingerprint density at radius 3 is 2.69 bits per heavy atom. The minimum atomic E-state index is -0.434. The predicted molar refractivity (Wildman–Crippen MR) is 103 cm³/mol.